The molecule has 4 rings (SSSR count). The number of hydrogen-bond donors (Lipinski definition) is 1. The minimum Gasteiger partial charge on any atom is -0.355 e. The van der Waals surface area contributed by atoms with Gasteiger partial charge in [-0.15, -0.1) is 0 Å². The monoisotopic (exact) mass is 442 g/mol. The number of rotatable bonds is 7. The highest BCUT2D eigenvalue weighted by Gasteiger charge is 2.19. The van der Waals surface area contributed by atoms with Crippen molar-refractivity contribution in [1.29, 1.82) is 0 Å². The zero-order valence-corrected chi connectivity index (χ0v) is 19.7. The van der Waals surface area contributed by atoms with Gasteiger partial charge in [0.25, 0.3) is 0 Å². The van der Waals surface area contributed by atoms with E-state index in [1.54, 1.807) is 6.20 Å². The van der Waals surface area contributed by atoms with Gasteiger partial charge in [-0.2, -0.15) is 0 Å². The van der Waals surface area contributed by atoms with Crippen LogP contribution in [0.5, 0.6) is 0 Å². The third kappa shape index (κ3) is 6.20. The number of carbonyl (C=O) groups excluding carboxylic acids is 1. The predicted molar refractivity (Wildman–Crippen MR) is 136 cm³/mol. The van der Waals surface area contributed by atoms with Gasteiger partial charge in [0.1, 0.15) is 5.82 Å². The molecule has 1 amide bonds. The van der Waals surface area contributed by atoms with Crippen molar-refractivity contribution >= 4 is 17.4 Å². The van der Waals surface area contributed by atoms with Crippen molar-refractivity contribution in [3.05, 3.63) is 89.6 Å². The number of hydrogen-bond acceptors (Lipinski definition) is 4. The van der Waals surface area contributed by atoms with Crippen LogP contribution < -0.4 is 10.2 Å². The predicted octanol–water partition coefficient (Wildman–Crippen LogP) is 5.23. The summed E-state index contributed by atoms with van der Waals surface area (Å²) in [5.74, 6) is 0.830. The Labute approximate surface area is 197 Å². The van der Waals surface area contributed by atoms with Gasteiger partial charge in [-0.25, -0.2) is 4.98 Å². The maximum absolute atomic E-state index is 12.8. The molecule has 0 spiro atoms. The van der Waals surface area contributed by atoms with Gasteiger partial charge in [0, 0.05) is 32.7 Å². The Bertz CT molecular complexity index is 1040. The van der Waals surface area contributed by atoms with Gasteiger partial charge in [-0.3, -0.25) is 9.69 Å². The zero-order chi connectivity index (χ0) is 23.0. The fraction of sp³-hybridized carbons (Fsp3) is 0.357. The summed E-state index contributed by atoms with van der Waals surface area (Å²) in [6.45, 7) is 9.24. The van der Waals surface area contributed by atoms with Crippen LogP contribution in [0.15, 0.2) is 72.9 Å². The third-order valence-electron chi connectivity index (χ3n) is 6.34. The van der Waals surface area contributed by atoms with Gasteiger partial charge in [-0.05, 0) is 43.0 Å². The first-order valence-corrected chi connectivity index (χ1v) is 12.0. The lowest BCUT2D eigenvalue weighted by Crippen LogP contribution is -2.31. The lowest BCUT2D eigenvalue weighted by molar-refractivity contribution is -0.117. The first-order valence-electron chi connectivity index (χ1n) is 12.0. The number of pyridine rings is 1. The van der Waals surface area contributed by atoms with E-state index in [0.29, 0.717) is 0 Å². The zero-order valence-electron chi connectivity index (χ0n) is 19.7. The van der Waals surface area contributed by atoms with Crippen molar-refractivity contribution in [2.75, 3.05) is 36.4 Å². The number of nitrogens with zero attached hydrogens (tertiary/aromatic N) is 3. The fourth-order valence-electron chi connectivity index (χ4n) is 4.56. The minimum atomic E-state index is -0.157. The molecule has 1 aliphatic rings. The first kappa shape index (κ1) is 23.0. The molecule has 1 atom stereocenters. The SMILES string of the molecule is CC[C@H](C(=O)Nc1ccc(N2CCCN(Cc3cccc(C)c3)CC2)nc1)c1ccccc1. The topological polar surface area (TPSA) is 48.5 Å². The smallest absolute Gasteiger partial charge is 0.231 e. The van der Waals surface area contributed by atoms with E-state index in [1.165, 1.54) is 11.1 Å². The Morgan fingerprint density at radius 3 is 2.58 bits per heavy atom. The van der Waals surface area contributed by atoms with Crippen molar-refractivity contribution in [3.8, 4) is 0 Å². The summed E-state index contributed by atoms with van der Waals surface area (Å²) in [6, 6.07) is 22.7. The Kier molecular flexibility index (Phi) is 7.74. The Morgan fingerprint density at radius 1 is 1.00 bits per heavy atom. The lowest BCUT2D eigenvalue weighted by atomic mass is 9.95. The number of aryl methyl sites for hydroxylation is 1. The largest absolute Gasteiger partial charge is 0.355 e. The van der Waals surface area contributed by atoms with E-state index >= 15 is 0 Å². The molecule has 0 radical (unpaired) electrons. The molecule has 5 heteroatoms. The maximum atomic E-state index is 12.8. The molecule has 1 saturated heterocycles. The molecule has 0 bridgehead atoms. The standard InChI is InChI=1S/C28H34N4O/c1-3-26(24-11-5-4-6-12-24)28(33)30-25-13-14-27(29-20-25)32-16-8-15-31(17-18-32)21-23-10-7-9-22(2)19-23/h4-7,9-14,19-20,26H,3,8,15-18,21H2,1-2H3,(H,30,33)/t26-/m0/s1. The highest BCUT2D eigenvalue weighted by molar-refractivity contribution is 5.95. The number of amides is 1. The van der Waals surface area contributed by atoms with Crippen LogP contribution in [0, 0.1) is 6.92 Å². The molecule has 1 aromatic heterocycles. The number of aromatic nitrogens is 1. The summed E-state index contributed by atoms with van der Waals surface area (Å²) in [5.41, 5.74) is 4.48. The molecule has 1 N–H and O–H groups in total. The van der Waals surface area contributed by atoms with Crippen molar-refractivity contribution in [2.45, 2.75) is 39.2 Å². The summed E-state index contributed by atoms with van der Waals surface area (Å²) >= 11 is 0. The number of nitrogens with one attached hydrogen (secondary N) is 1. The molecular weight excluding hydrogens is 408 g/mol. The van der Waals surface area contributed by atoms with E-state index in [0.717, 1.165) is 62.6 Å². The van der Waals surface area contributed by atoms with Crippen LogP contribution in [0.2, 0.25) is 0 Å². The molecule has 172 valence electrons. The maximum Gasteiger partial charge on any atom is 0.231 e. The summed E-state index contributed by atoms with van der Waals surface area (Å²) in [5, 5.41) is 3.04. The summed E-state index contributed by atoms with van der Waals surface area (Å²) < 4.78 is 0. The van der Waals surface area contributed by atoms with Gasteiger partial charge in [0.05, 0.1) is 17.8 Å². The minimum absolute atomic E-state index is 0.0137. The van der Waals surface area contributed by atoms with Gasteiger partial charge < -0.3 is 10.2 Å². The van der Waals surface area contributed by atoms with Crippen LogP contribution in [0.1, 0.15) is 42.4 Å². The molecule has 1 fully saturated rings. The quantitative estimate of drug-likeness (QED) is 0.544. The van der Waals surface area contributed by atoms with Crippen LogP contribution in [-0.2, 0) is 11.3 Å². The normalized spacial score (nSPS) is 15.6. The van der Waals surface area contributed by atoms with Gasteiger partial charge in [0.2, 0.25) is 5.91 Å². The number of anilines is 2. The molecule has 0 unspecified atom stereocenters. The van der Waals surface area contributed by atoms with E-state index in [2.05, 4.69) is 51.3 Å². The molecule has 1 aliphatic heterocycles. The van der Waals surface area contributed by atoms with Crippen LogP contribution in [0.25, 0.3) is 0 Å². The summed E-state index contributed by atoms with van der Waals surface area (Å²) in [4.78, 5) is 22.4. The molecule has 3 aromatic rings. The van der Waals surface area contributed by atoms with Crippen LogP contribution in [0.4, 0.5) is 11.5 Å². The molecule has 5 nitrogen and oxygen atoms in total. The fourth-order valence-corrected chi connectivity index (χ4v) is 4.56. The van der Waals surface area contributed by atoms with Crippen molar-refractivity contribution in [1.82, 2.24) is 9.88 Å². The van der Waals surface area contributed by atoms with E-state index in [9.17, 15) is 4.79 Å². The van der Waals surface area contributed by atoms with Gasteiger partial charge >= 0.3 is 0 Å². The van der Waals surface area contributed by atoms with E-state index in [4.69, 9.17) is 0 Å². The van der Waals surface area contributed by atoms with Crippen LogP contribution in [0.3, 0.4) is 0 Å². The highest BCUT2D eigenvalue weighted by atomic mass is 16.1. The lowest BCUT2D eigenvalue weighted by Gasteiger charge is -2.23. The van der Waals surface area contributed by atoms with E-state index < -0.39 is 0 Å². The Hall–Kier alpha value is -3.18. The summed E-state index contributed by atoms with van der Waals surface area (Å²) in [7, 11) is 0. The molecule has 0 aliphatic carbocycles. The first-order chi connectivity index (χ1) is 16.1. The molecule has 0 saturated carbocycles. The second kappa shape index (κ2) is 11.1. The second-order valence-corrected chi connectivity index (χ2v) is 8.87. The highest BCUT2D eigenvalue weighted by Crippen LogP contribution is 2.22. The molecular formula is C28H34N4O. The number of carbonyl (C=O) groups is 1. The van der Waals surface area contributed by atoms with Crippen molar-refractivity contribution in [3.63, 3.8) is 0 Å². The molecule has 2 heterocycles. The second-order valence-electron chi connectivity index (χ2n) is 8.87. The third-order valence-corrected chi connectivity index (χ3v) is 6.34. The Balaban J connectivity index is 1.33. The molecule has 33 heavy (non-hydrogen) atoms. The molecule has 2 aromatic carbocycles. The van der Waals surface area contributed by atoms with E-state index in [1.807, 2.05) is 49.4 Å². The van der Waals surface area contributed by atoms with E-state index in [-0.39, 0.29) is 11.8 Å². The Morgan fingerprint density at radius 2 is 1.85 bits per heavy atom. The van der Waals surface area contributed by atoms with Crippen molar-refractivity contribution in [2.24, 2.45) is 0 Å². The van der Waals surface area contributed by atoms with Crippen LogP contribution in [-0.4, -0.2) is 42.0 Å². The van der Waals surface area contributed by atoms with Crippen molar-refractivity contribution < 1.29 is 4.79 Å². The van der Waals surface area contributed by atoms with Gasteiger partial charge in [-0.1, -0.05) is 67.1 Å². The number of benzene rings is 2. The average Bonchev–Trinajstić information content (AvgIpc) is 3.06. The van der Waals surface area contributed by atoms with Gasteiger partial charge in [0.15, 0.2) is 0 Å². The van der Waals surface area contributed by atoms with Crippen LogP contribution >= 0.6 is 0 Å². The average molecular weight is 443 g/mol. The summed E-state index contributed by atoms with van der Waals surface area (Å²) in [6.07, 6.45) is 3.65.